The van der Waals surface area contributed by atoms with Gasteiger partial charge in [0.25, 0.3) is 0 Å². The van der Waals surface area contributed by atoms with Gasteiger partial charge in [0.2, 0.25) is 0 Å². The Morgan fingerprint density at radius 3 is 2.53 bits per heavy atom. The Bertz CT molecular complexity index is 404. The zero-order valence-electron chi connectivity index (χ0n) is 10.6. The lowest BCUT2D eigenvalue weighted by atomic mass is 10.0. The summed E-state index contributed by atoms with van der Waals surface area (Å²) in [6.45, 7) is 5.22. The van der Waals surface area contributed by atoms with Crippen LogP contribution in [0, 0.1) is 5.82 Å². The van der Waals surface area contributed by atoms with Gasteiger partial charge in [0.05, 0.1) is 7.11 Å². The van der Waals surface area contributed by atoms with E-state index in [1.165, 1.54) is 13.2 Å². The summed E-state index contributed by atoms with van der Waals surface area (Å²) in [5, 5.41) is 3.05. The molecule has 0 radical (unpaired) electrons. The van der Waals surface area contributed by atoms with Gasteiger partial charge in [-0.3, -0.25) is 10.1 Å². The largest absolute Gasteiger partial charge is 0.468 e. The van der Waals surface area contributed by atoms with Crippen molar-refractivity contribution in [1.29, 1.82) is 0 Å². The normalized spacial score (nSPS) is 13.2. The van der Waals surface area contributed by atoms with Gasteiger partial charge in [-0.05, 0) is 26.8 Å². The molecular weight excluding hydrogens is 221 g/mol. The van der Waals surface area contributed by atoms with Crippen LogP contribution in [0.15, 0.2) is 24.3 Å². The summed E-state index contributed by atoms with van der Waals surface area (Å²) in [6.07, 6.45) is 0. The zero-order valence-corrected chi connectivity index (χ0v) is 10.6. The molecule has 0 amide bonds. The fourth-order valence-corrected chi connectivity index (χ4v) is 1.76. The van der Waals surface area contributed by atoms with Crippen LogP contribution >= 0.6 is 0 Å². The monoisotopic (exact) mass is 239 g/mol. The van der Waals surface area contributed by atoms with Gasteiger partial charge in [0.1, 0.15) is 11.4 Å². The average Bonchev–Trinajstić information content (AvgIpc) is 2.27. The van der Waals surface area contributed by atoms with E-state index < -0.39 is 5.54 Å². The van der Waals surface area contributed by atoms with Crippen molar-refractivity contribution in [2.75, 3.05) is 7.11 Å². The van der Waals surface area contributed by atoms with Crippen LogP contribution in [0.5, 0.6) is 0 Å². The number of benzene rings is 1. The van der Waals surface area contributed by atoms with E-state index in [0.29, 0.717) is 5.56 Å². The van der Waals surface area contributed by atoms with E-state index in [9.17, 15) is 9.18 Å². The topological polar surface area (TPSA) is 38.3 Å². The SMILES string of the molecule is COC(=O)C(C)(C)NC(C)c1ccccc1F. The van der Waals surface area contributed by atoms with Crippen LogP contribution in [0.25, 0.3) is 0 Å². The van der Waals surface area contributed by atoms with Crippen LogP contribution in [0.2, 0.25) is 0 Å². The summed E-state index contributed by atoms with van der Waals surface area (Å²) < 4.78 is 18.2. The van der Waals surface area contributed by atoms with E-state index in [2.05, 4.69) is 10.1 Å². The second-order valence-corrected chi connectivity index (χ2v) is 4.50. The number of halogens is 1. The smallest absolute Gasteiger partial charge is 0.325 e. The molecular formula is C13H18FNO2. The Hall–Kier alpha value is -1.42. The first kappa shape index (κ1) is 13.6. The lowest BCUT2D eigenvalue weighted by Crippen LogP contribution is -2.48. The number of nitrogens with one attached hydrogen (secondary N) is 1. The van der Waals surface area contributed by atoms with Crippen molar-refractivity contribution in [3.63, 3.8) is 0 Å². The van der Waals surface area contributed by atoms with Crippen molar-refractivity contribution >= 4 is 5.97 Å². The van der Waals surface area contributed by atoms with Crippen LogP contribution in [0.4, 0.5) is 4.39 Å². The number of carbonyl (C=O) groups is 1. The van der Waals surface area contributed by atoms with Gasteiger partial charge >= 0.3 is 5.97 Å². The van der Waals surface area contributed by atoms with Crippen LogP contribution in [0.1, 0.15) is 32.4 Å². The third kappa shape index (κ3) is 3.27. The summed E-state index contributed by atoms with van der Waals surface area (Å²) in [5.41, 5.74) is -0.319. The van der Waals surface area contributed by atoms with Crippen molar-refractivity contribution < 1.29 is 13.9 Å². The van der Waals surface area contributed by atoms with Crippen LogP contribution in [0.3, 0.4) is 0 Å². The predicted octanol–water partition coefficient (Wildman–Crippen LogP) is 2.43. The molecule has 0 saturated carbocycles. The highest BCUT2D eigenvalue weighted by atomic mass is 19.1. The number of carbonyl (C=O) groups excluding carboxylic acids is 1. The second kappa shape index (κ2) is 5.27. The maximum absolute atomic E-state index is 13.5. The first-order valence-corrected chi connectivity index (χ1v) is 5.49. The van der Waals surface area contributed by atoms with E-state index in [0.717, 1.165) is 0 Å². The van der Waals surface area contributed by atoms with Gasteiger partial charge in [0, 0.05) is 11.6 Å². The minimum absolute atomic E-state index is 0.273. The van der Waals surface area contributed by atoms with Crippen molar-refractivity contribution in [2.24, 2.45) is 0 Å². The number of rotatable bonds is 4. The Balaban J connectivity index is 2.83. The number of esters is 1. The lowest BCUT2D eigenvalue weighted by molar-refractivity contribution is -0.147. The van der Waals surface area contributed by atoms with Crippen molar-refractivity contribution in [3.8, 4) is 0 Å². The molecule has 1 rings (SSSR count). The van der Waals surface area contributed by atoms with Gasteiger partial charge in [-0.1, -0.05) is 18.2 Å². The van der Waals surface area contributed by atoms with E-state index >= 15 is 0 Å². The molecule has 0 saturated heterocycles. The van der Waals surface area contributed by atoms with Crippen LogP contribution in [-0.2, 0) is 9.53 Å². The second-order valence-electron chi connectivity index (χ2n) is 4.50. The van der Waals surface area contributed by atoms with Gasteiger partial charge in [-0.25, -0.2) is 4.39 Å². The third-order valence-electron chi connectivity index (χ3n) is 2.64. The van der Waals surface area contributed by atoms with Gasteiger partial charge in [-0.2, -0.15) is 0 Å². The van der Waals surface area contributed by atoms with Gasteiger partial charge in [0.15, 0.2) is 0 Å². The Morgan fingerprint density at radius 1 is 1.41 bits per heavy atom. The molecule has 0 heterocycles. The highest BCUT2D eigenvalue weighted by Crippen LogP contribution is 2.19. The maximum atomic E-state index is 13.5. The molecule has 3 nitrogen and oxygen atoms in total. The summed E-state index contributed by atoms with van der Waals surface area (Å²) in [6, 6.07) is 6.22. The summed E-state index contributed by atoms with van der Waals surface area (Å²) >= 11 is 0. The lowest BCUT2D eigenvalue weighted by Gasteiger charge is -2.27. The molecule has 1 N–H and O–H groups in total. The number of hydrogen-bond donors (Lipinski definition) is 1. The zero-order chi connectivity index (χ0) is 13.1. The predicted molar refractivity (Wildman–Crippen MR) is 64.0 cm³/mol. The quantitative estimate of drug-likeness (QED) is 0.820. The van der Waals surface area contributed by atoms with Crippen LogP contribution in [-0.4, -0.2) is 18.6 Å². The Labute approximate surface area is 101 Å². The minimum Gasteiger partial charge on any atom is -0.468 e. The molecule has 0 aliphatic carbocycles. The fourth-order valence-electron chi connectivity index (χ4n) is 1.76. The molecule has 17 heavy (non-hydrogen) atoms. The molecule has 1 aromatic carbocycles. The molecule has 1 atom stereocenters. The van der Waals surface area contributed by atoms with Gasteiger partial charge < -0.3 is 4.74 Å². The summed E-state index contributed by atoms with van der Waals surface area (Å²) in [4.78, 5) is 11.5. The van der Waals surface area contributed by atoms with Crippen molar-refractivity contribution in [1.82, 2.24) is 5.32 Å². The number of ether oxygens (including phenoxy) is 1. The summed E-state index contributed by atoms with van der Waals surface area (Å²) in [7, 11) is 1.33. The molecule has 0 aromatic heterocycles. The van der Waals surface area contributed by atoms with Crippen LogP contribution < -0.4 is 5.32 Å². The molecule has 1 aromatic rings. The van der Waals surface area contributed by atoms with Gasteiger partial charge in [-0.15, -0.1) is 0 Å². The molecule has 0 bridgehead atoms. The number of hydrogen-bond acceptors (Lipinski definition) is 3. The van der Waals surface area contributed by atoms with E-state index in [-0.39, 0.29) is 17.8 Å². The molecule has 0 spiro atoms. The molecule has 4 heteroatoms. The molecule has 0 aliphatic heterocycles. The van der Waals surface area contributed by atoms with Crippen molar-refractivity contribution in [3.05, 3.63) is 35.6 Å². The molecule has 0 aliphatic rings. The van der Waals surface area contributed by atoms with Crippen molar-refractivity contribution in [2.45, 2.75) is 32.4 Å². The minimum atomic E-state index is -0.851. The highest BCUT2D eigenvalue weighted by molar-refractivity contribution is 5.79. The maximum Gasteiger partial charge on any atom is 0.325 e. The summed E-state index contributed by atoms with van der Waals surface area (Å²) in [5.74, 6) is -0.658. The van der Waals surface area contributed by atoms with E-state index in [1.54, 1.807) is 32.0 Å². The average molecular weight is 239 g/mol. The Morgan fingerprint density at radius 2 is 2.00 bits per heavy atom. The first-order valence-electron chi connectivity index (χ1n) is 5.49. The van der Waals surface area contributed by atoms with E-state index in [1.807, 2.05) is 6.92 Å². The van der Waals surface area contributed by atoms with E-state index in [4.69, 9.17) is 0 Å². The Kier molecular flexibility index (Phi) is 4.23. The highest BCUT2D eigenvalue weighted by Gasteiger charge is 2.30. The fraction of sp³-hybridized carbons (Fsp3) is 0.462. The first-order chi connectivity index (χ1) is 7.88. The third-order valence-corrected chi connectivity index (χ3v) is 2.64. The standard InChI is InChI=1S/C13H18FNO2/c1-9(10-7-5-6-8-11(10)14)15-13(2,3)12(16)17-4/h5-9,15H,1-4H3. The molecule has 1 unspecified atom stereocenters. The molecule has 94 valence electrons. The number of methoxy groups -OCH3 is 1. The molecule has 0 fully saturated rings.